The minimum absolute atomic E-state index is 0.0586. The molecule has 1 heterocycles. The van der Waals surface area contributed by atoms with Crippen LogP contribution in [0.4, 0.5) is 11.5 Å². The van der Waals surface area contributed by atoms with E-state index in [1.54, 1.807) is 60.8 Å². The number of benzene rings is 2. The molecule has 176 valence electrons. The van der Waals surface area contributed by atoms with Crippen molar-refractivity contribution in [2.45, 2.75) is 13.5 Å². The average molecular weight is 463 g/mol. The Hall–Kier alpha value is -4.60. The van der Waals surface area contributed by atoms with E-state index in [1.165, 1.54) is 0 Å². The number of pyridine rings is 1. The Labute approximate surface area is 196 Å². The highest BCUT2D eigenvalue weighted by Crippen LogP contribution is 2.32. The van der Waals surface area contributed by atoms with E-state index in [0.29, 0.717) is 46.3 Å². The number of carbonyl (C=O) groups excluding carboxylic acids is 1. The summed E-state index contributed by atoms with van der Waals surface area (Å²) in [6.07, 6.45) is 1.55. The fraction of sp³-hybridized carbons (Fsp3) is 0.167. The van der Waals surface area contributed by atoms with Crippen molar-refractivity contribution in [3.8, 4) is 11.5 Å². The molecule has 0 fully saturated rings. The van der Waals surface area contributed by atoms with Crippen LogP contribution in [-0.4, -0.2) is 41.0 Å². The molecule has 0 unspecified atom stereocenters. The van der Waals surface area contributed by atoms with Gasteiger partial charge in [0.1, 0.15) is 11.7 Å². The minimum Gasteiger partial charge on any atom is -0.490 e. The number of hydrogen-bond acceptors (Lipinski definition) is 7. The van der Waals surface area contributed by atoms with E-state index in [1.807, 2.05) is 6.92 Å². The van der Waals surface area contributed by atoms with Gasteiger partial charge in [-0.1, -0.05) is 12.1 Å². The number of aromatic nitrogens is 1. The smallest absolute Gasteiger partial charge is 0.341 e. The summed E-state index contributed by atoms with van der Waals surface area (Å²) >= 11 is 0. The predicted molar refractivity (Wildman–Crippen MR) is 128 cm³/mol. The van der Waals surface area contributed by atoms with Gasteiger partial charge in [-0.3, -0.25) is 10.2 Å². The number of ether oxygens (including phenoxy) is 2. The molecule has 1 aromatic heterocycles. The number of aliphatic carboxylic acids is 1. The van der Waals surface area contributed by atoms with Crippen LogP contribution >= 0.6 is 0 Å². The summed E-state index contributed by atoms with van der Waals surface area (Å²) in [6.45, 7) is 1.90. The molecule has 0 spiro atoms. The van der Waals surface area contributed by atoms with Gasteiger partial charge in [0.2, 0.25) is 0 Å². The first kappa shape index (κ1) is 24.1. The van der Waals surface area contributed by atoms with Gasteiger partial charge < -0.3 is 30.9 Å². The highest BCUT2D eigenvalue weighted by molar-refractivity contribution is 6.07. The largest absolute Gasteiger partial charge is 0.490 e. The van der Waals surface area contributed by atoms with Crippen LogP contribution in [-0.2, 0) is 11.3 Å². The van der Waals surface area contributed by atoms with E-state index in [-0.39, 0.29) is 18.3 Å². The molecule has 2 aromatic carbocycles. The monoisotopic (exact) mass is 463 g/mol. The van der Waals surface area contributed by atoms with E-state index in [0.717, 1.165) is 0 Å². The molecule has 0 aliphatic heterocycles. The van der Waals surface area contributed by atoms with Crippen molar-refractivity contribution < 1.29 is 24.2 Å². The van der Waals surface area contributed by atoms with Crippen LogP contribution in [0.15, 0.2) is 60.8 Å². The number of carbonyl (C=O) groups is 2. The molecule has 3 aromatic rings. The highest BCUT2D eigenvalue weighted by Gasteiger charge is 2.16. The highest BCUT2D eigenvalue weighted by atomic mass is 16.5. The van der Waals surface area contributed by atoms with E-state index >= 15 is 0 Å². The topological polar surface area (TPSA) is 160 Å². The second-order valence-corrected chi connectivity index (χ2v) is 7.06. The Balaban J connectivity index is 1.77. The van der Waals surface area contributed by atoms with Gasteiger partial charge in [-0.2, -0.15) is 0 Å². The van der Waals surface area contributed by atoms with Crippen molar-refractivity contribution in [3.05, 3.63) is 77.5 Å². The summed E-state index contributed by atoms with van der Waals surface area (Å²) in [5.74, 6) is -0.465. The van der Waals surface area contributed by atoms with Crippen molar-refractivity contribution in [1.82, 2.24) is 4.98 Å². The molecular formula is C24H25N5O5. The summed E-state index contributed by atoms with van der Waals surface area (Å²) in [5.41, 5.74) is 7.51. The number of rotatable bonds is 11. The molecule has 6 N–H and O–H groups in total. The number of nitrogens with zero attached hydrogens (tertiary/aromatic N) is 1. The van der Waals surface area contributed by atoms with Crippen molar-refractivity contribution >= 4 is 29.2 Å². The molecule has 10 nitrogen and oxygen atoms in total. The number of carboxylic acid groups (broad SMARTS) is 1. The minimum atomic E-state index is -1.11. The molecule has 0 saturated heterocycles. The molecule has 1 amide bonds. The summed E-state index contributed by atoms with van der Waals surface area (Å²) in [5, 5.41) is 22.4. The lowest BCUT2D eigenvalue weighted by atomic mass is 10.1. The first-order valence-electron chi connectivity index (χ1n) is 10.4. The maximum Gasteiger partial charge on any atom is 0.341 e. The second kappa shape index (κ2) is 11.3. The standard InChI is InChI=1S/C24H25N5O5/c1-2-33-19-7-3-5-16(21(19)34-14-20(30)31)13-28-23-18(6-4-12-27-23)24(32)29-17-10-8-15(9-11-17)22(25)26/h3-12H,2,13-14H2,1H3,(H3,25,26)(H,27,28)(H,29,32)(H,30,31). The van der Waals surface area contributed by atoms with Crippen LogP contribution in [0.5, 0.6) is 11.5 Å². The third kappa shape index (κ3) is 6.22. The third-order valence-corrected chi connectivity index (χ3v) is 4.65. The van der Waals surface area contributed by atoms with Gasteiger partial charge >= 0.3 is 5.97 Å². The van der Waals surface area contributed by atoms with E-state index in [9.17, 15) is 9.59 Å². The van der Waals surface area contributed by atoms with E-state index in [4.69, 9.17) is 25.7 Å². The molecule has 10 heteroatoms. The summed E-state index contributed by atoms with van der Waals surface area (Å²) in [4.78, 5) is 28.2. The van der Waals surface area contributed by atoms with Crippen LogP contribution in [0.25, 0.3) is 0 Å². The Kier molecular flexibility index (Phi) is 8.01. The van der Waals surface area contributed by atoms with Crippen LogP contribution < -0.4 is 25.8 Å². The lowest BCUT2D eigenvalue weighted by molar-refractivity contribution is -0.139. The normalized spacial score (nSPS) is 10.3. The fourth-order valence-electron chi connectivity index (χ4n) is 3.11. The molecule has 34 heavy (non-hydrogen) atoms. The number of amides is 1. The number of hydrogen-bond donors (Lipinski definition) is 5. The van der Waals surface area contributed by atoms with Gasteiger partial charge in [0.25, 0.3) is 5.91 Å². The maximum atomic E-state index is 12.9. The number of nitrogen functional groups attached to an aromatic ring is 1. The predicted octanol–water partition coefficient (Wildman–Crippen LogP) is 3.09. The first-order valence-corrected chi connectivity index (χ1v) is 10.4. The molecule has 0 atom stereocenters. The summed E-state index contributed by atoms with van der Waals surface area (Å²) < 4.78 is 11.0. The number of nitrogens with one attached hydrogen (secondary N) is 3. The Morgan fingerprint density at radius 1 is 1.09 bits per heavy atom. The van der Waals surface area contributed by atoms with Gasteiger partial charge in [0.15, 0.2) is 18.1 Å². The Morgan fingerprint density at radius 3 is 2.53 bits per heavy atom. The number of carboxylic acids is 1. The van der Waals surface area contributed by atoms with Crippen LogP contribution in [0.3, 0.4) is 0 Å². The van der Waals surface area contributed by atoms with Crippen molar-refractivity contribution in [1.29, 1.82) is 5.41 Å². The summed E-state index contributed by atoms with van der Waals surface area (Å²) in [6, 6.07) is 15.1. The molecular weight excluding hydrogens is 438 g/mol. The molecule has 0 bridgehead atoms. The second-order valence-electron chi connectivity index (χ2n) is 7.06. The first-order chi connectivity index (χ1) is 16.4. The van der Waals surface area contributed by atoms with Crippen molar-refractivity contribution in [3.63, 3.8) is 0 Å². The quantitative estimate of drug-likeness (QED) is 0.214. The summed E-state index contributed by atoms with van der Waals surface area (Å²) in [7, 11) is 0. The lowest BCUT2D eigenvalue weighted by Crippen LogP contribution is -2.17. The Morgan fingerprint density at radius 2 is 1.85 bits per heavy atom. The zero-order valence-electron chi connectivity index (χ0n) is 18.5. The number of amidine groups is 1. The van der Waals surface area contributed by atoms with Gasteiger partial charge in [-0.05, 0) is 49.4 Å². The van der Waals surface area contributed by atoms with E-state index in [2.05, 4.69) is 15.6 Å². The third-order valence-electron chi connectivity index (χ3n) is 4.65. The van der Waals surface area contributed by atoms with Crippen molar-refractivity contribution in [2.24, 2.45) is 5.73 Å². The molecule has 0 radical (unpaired) electrons. The van der Waals surface area contributed by atoms with Gasteiger partial charge in [0.05, 0.1) is 12.2 Å². The fourth-order valence-corrected chi connectivity index (χ4v) is 3.11. The SMILES string of the molecule is CCOc1cccc(CNc2ncccc2C(=O)Nc2ccc(C(=N)N)cc2)c1OCC(=O)O. The molecule has 0 aliphatic rings. The Bertz CT molecular complexity index is 1180. The van der Waals surface area contributed by atoms with Gasteiger partial charge in [0, 0.05) is 29.6 Å². The van der Waals surface area contributed by atoms with Gasteiger partial charge in [-0.25, -0.2) is 9.78 Å². The molecule has 3 rings (SSSR count). The van der Waals surface area contributed by atoms with E-state index < -0.39 is 12.6 Å². The van der Waals surface area contributed by atoms with Crippen molar-refractivity contribution in [2.75, 3.05) is 23.8 Å². The van der Waals surface area contributed by atoms with Crippen LogP contribution in [0.2, 0.25) is 0 Å². The molecule has 0 aliphatic carbocycles. The number of para-hydroxylation sites is 1. The number of nitrogens with two attached hydrogens (primary N) is 1. The van der Waals surface area contributed by atoms with Crippen LogP contribution in [0.1, 0.15) is 28.4 Å². The van der Waals surface area contributed by atoms with Gasteiger partial charge in [-0.15, -0.1) is 0 Å². The lowest BCUT2D eigenvalue weighted by Gasteiger charge is -2.16. The zero-order valence-corrected chi connectivity index (χ0v) is 18.5. The average Bonchev–Trinajstić information content (AvgIpc) is 2.82. The molecule has 0 saturated carbocycles. The number of anilines is 2. The zero-order chi connectivity index (χ0) is 24.5. The van der Waals surface area contributed by atoms with Crippen LogP contribution in [0, 0.1) is 5.41 Å². The maximum absolute atomic E-state index is 12.9.